The highest BCUT2D eigenvalue weighted by molar-refractivity contribution is 9.10. The van der Waals surface area contributed by atoms with Gasteiger partial charge in [0.25, 0.3) is 11.8 Å². The first-order valence-electron chi connectivity index (χ1n) is 8.58. The molecule has 0 aliphatic rings. The molecule has 0 saturated heterocycles. The molecule has 2 amide bonds. The lowest BCUT2D eigenvalue weighted by molar-refractivity contribution is -0.127. The molecule has 2 aromatic rings. The highest BCUT2D eigenvalue weighted by Crippen LogP contribution is 2.18. The zero-order chi connectivity index (χ0) is 20.8. The van der Waals surface area contributed by atoms with E-state index in [0.29, 0.717) is 11.3 Å². The first kappa shape index (κ1) is 21.8. The van der Waals surface area contributed by atoms with Crippen LogP contribution in [-0.2, 0) is 4.79 Å². The fourth-order valence-electron chi connectivity index (χ4n) is 2.21. The molecule has 148 valence electrons. The van der Waals surface area contributed by atoms with Gasteiger partial charge in [-0.25, -0.2) is 0 Å². The summed E-state index contributed by atoms with van der Waals surface area (Å²) in [6.45, 7) is 7.53. The van der Waals surface area contributed by atoms with E-state index in [0.717, 1.165) is 21.2 Å². The van der Waals surface area contributed by atoms with Crippen molar-refractivity contribution in [3.63, 3.8) is 0 Å². The van der Waals surface area contributed by atoms with E-state index in [4.69, 9.17) is 17.0 Å². The average molecular weight is 464 g/mol. The highest BCUT2D eigenvalue weighted by Gasteiger charge is 2.16. The van der Waals surface area contributed by atoms with Crippen LogP contribution in [0.1, 0.15) is 34.0 Å². The summed E-state index contributed by atoms with van der Waals surface area (Å²) in [5.74, 6) is -0.202. The second-order valence-corrected chi connectivity index (χ2v) is 7.63. The van der Waals surface area contributed by atoms with E-state index in [9.17, 15) is 9.59 Å². The van der Waals surface area contributed by atoms with Crippen LogP contribution in [0.4, 0.5) is 0 Å². The minimum absolute atomic E-state index is 0.0200. The minimum atomic E-state index is -0.749. The van der Waals surface area contributed by atoms with Gasteiger partial charge in [-0.05, 0) is 80.9 Å². The SMILES string of the molecule is Cc1ccc(OC(C)C(=O)NNC(=S)NC(=O)c2ccc(C)c(Br)c2)cc1C. The number of thiocarbonyl (C=S) groups is 1. The Hall–Kier alpha value is -2.45. The number of hydrogen-bond acceptors (Lipinski definition) is 4. The Kier molecular flexibility index (Phi) is 7.53. The van der Waals surface area contributed by atoms with E-state index >= 15 is 0 Å². The molecule has 0 aliphatic heterocycles. The molecular formula is C20H22BrN3O3S. The third kappa shape index (κ3) is 6.03. The lowest BCUT2D eigenvalue weighted by Gasteiger charge is -2.17. The summed E-state index contributed by atoms with van der Waals surface area (Å²) in [5.41, 5.74) is 8.62. The highest BCUT2D eigenvalue weighted by atomic mass is 79.9. The summed E-state index contributed by atoms with van der Waals surface area (Å²) >= 11 is 8.43. The van der Waals surface area contributed by atoms with Crippen LogP contribution in [0.5, 0.6) is 5.75 Å². The molecule has 0 radical (unpaired) electrons. The number of hydrazine groups is 1. The molecule has 0 aliphatic carbocycles. The normalized spacial score (nSPS) is 11.3. The van der Waals surface area contributed by atoms with Crippen molar-refractivity contribution in [3.8, 4) is 5.75 Å². The topological polar surface area (TPSA) is 79.5 Å². The number of halogens is 1. The van der Waals surface area contributed by atoms with Gasteiger partial charge in [-0.2, -0.15) is 0 Å². The van der Waals surface area contributed by atoms with Crippen molar-refractivity contribution in [1.29, 1.82) is 0 Å². The van der Waals surface area contributed by atoms with Gasteiger partial charge < -0.3 is 4.74 Å². The number of ether oxygens (including phenoxy) is 1. The second kappa shape index (κ2) is 9.66. The number of benzene rings is 2. The molecule has 2 aromatic carbocycles. The van der Waals surface area contributed by atoms with Crippen molar-refractivity contribution in [2.45, 2.75) is 33.8 Å². The van der Waals surface area contributed by atoms with E-state index < -0.39 is 12.0 Å². The summed E-state index contributed by atoms with van der Waals surface area (Å²) in [7, 11) is 0. The van der Waals surface area contributed by atoms with Gasteiger partial charge in [0.2, 0.25) is 0 Å². The molecule has 0 aromatic heterocycles. The van der Waals surface area contributed by atoms with Gasteiger partial charge in [0.1, 0.15) is 5.75 Å². The molecular weight excluding hydrogens is 442 g/mol. The van der Waals surface area contributed by atoms with Crippen LogP contribution in [0.15, 0.2) is 40.9 Å². The van der Waals surface area contributed by atoms with Crippen LogP contribution in [0.3, 0.4) is 0 Å². The van der Waals surface area contributed by atoms with Gasteiger partial charge in [0, 0.05) is 10.0 Å². The van der Waals surface area contributed by atoms with E-state index in [1.807, 2.05) is 45.0 Å². The third-order valence-electron chi connectivity index (χ3n) is 4.12. The van der Waals surface area contributed by atoms with Crippen molar-refractivity contribution < 1.29 is 14.3 Å². The van der Waals surface area contributed by atoms with Crippen molar-refractivity contribution in [2.24, 2.45) is 0 Å². The minimum Gasteiger partial charge on any atom is -0.481 e. The standard InChI is InChI=1S/C20H22BrN3O3S/c1-11-6-8-16(9-13(11)3)27-14(4)18(25)23-24-20(28)22-19(26)15-7-5-12(2)17(21)10-15/h5-10,14H,1-4H3,(H,23,25)(H2,22,24,26,28). The van der Waals surface area contributed by atoms with Gasteiger partial charge in [-0.3, -0.25) is 25.8 Å². The van der Waals surface area contributed by atoms with Crippen molar-refractivity contribution >= 4 is 45.1 Å². The Morgan fingerprint density at radius 1 is 1.00 bits per heavy atom. The van der Waals surface area contributed by atoms with Crippen molar-refractivity contribution in [1.82, 2.24) is 16.2 Å². The summed E-state index contributed by atoms with van der Waals surface area (Å²) in [6.07, 6.45) is -0.749. The van der Waals surface area contributed by atoms with Crippen LogP contribution in [0.2, 0.25) is 0 Å². The Bertz CT molecular complexity index is 918. The largest absolute Gasteiger partial charge is 0.481 e. The van der Waals surface area contributed by atoms with Crippen LogP contribution in [0, 0.1) is 20.8 Å². The summed E-state index contributed by atoms with van der Waals surface area (Å²) in [6, 6.07) is 10.8. The molecule has 0 bridgehead atoms. The first-order valence-corrected chi connectivity index (χ1v) is 9.78. The van der Waals surface area contributed by atoms with E-state index in [2.05, 4.69) is 32.1 Å². The Morgan fingerprint density at radius 3 is 2.32 bits per heavy atom. The molecule has 0 saturated carbocycles. The molecule has 0 heterocycles. The van der Waals surface area contributed by atoms with Crippen LogP contribution in [-0.4, -0.2) is 23.0 Å². The Labute approximate surface area is 178 Å². The maximum absolute atomic E-state index is 12.2. The molecule has 28 heavy (non-hydrogen) atoms. The zero-order valence-corrected chi connectivity index (χ0v) is 18.5. The maximum Gasteiger partial charge on any atom is 0.279 e. The Balaban J connectivity index is 1.83. The zero-order valence-electron chi connectivity index (χ0n) is 16.1. The number of amides is 2. The number of carbonyl (C=O) groups excluding carboxylic acids is 2. The lowest BCUT2D eigenvalue weighted by atomic mass is 10.1. The summed E-state index contributed by atoms with van der Waals surface area (Å²) in [4.78, 5) is 24.4. The number of aryl methyl sites for hydroxylation is 3. The van der Waals surface area contributed by atoms with E-state index in [1.54, 1.807) is 19.1 Å². The molecule has 2 rings (SSSR count). The lowest BCUT2D eigenvalue weighted by Crippen LogP contribution is -2.51. The van der Waals surface area contributed by atoms with Crippen LogP contribution >= 0.6 is 28.1 Å². The average Bonchev–Trinajstić information content (AvgIpc) is 2.64. The van der Waals surface area contributed by atoms with Gasteiger partial charge in [0.05, 0.1) is 0 Å². The van der Waals surface area contributed by atoms with Crippen molar-refractivity contribution in [3.05, 3.63) is 63.1 Å². The third-order valence-corrected chi connectivity index (χ3v) is 5.18. The molecule has 6 nitrogen and oxygen atoms in total. The number of rotatable bonds is 4. The predicted octanol–water partition coefficient (Wildman–Crippen LogP) is 3.48. The molecule has 8 heteroatoms. The summed E-state index contributed by atoms with van der Waals surface area (Å²) < 4.78 is 6.45. The monoisotopic (exact) mass is 463 g/mol. The molecule has 0 spiro atoms. The predicted molar refractivity (Wildman–Crippen MR) is 116 cm³/mol. The number of nitrogens with one attached hydrogen (secondary N) is 3. The molecule has 1 atom stereocenters. The van der Waals surface area contributed by atoms with Crippen LogP contribution < -0.4 is 20.9 Å². The fraction of sp³-hybridized carbons (Fsp3) is 0.250. The van der Waals surface area contributed by atoms with Crippen molar-refractivity contribution in [2.75, 3.05) is 0 Å². The quantitative estimate of drug-likeness (QED) is 0.477. The van der Waals surface area contributed by atoms with Gasteiger partial charge >= 0.3 is 0 Å². The number of hydrogen-bond donors (Lipinski definition) is 3. The maximum atomic E-state index is 12.2. The Morgan fingerprint density at radius 2 is 1.68 bits per heavy atom. The van der Waals surface area contributed by atoms with Gasteiger partial charge in [-0.1, -0.05) is 28.1 Å². The molecule has 0 fully saturated rings. The van der Waals surface area contributed by atoms with Crippen LogP contribution in [0.25, 0.3) is 0 Å². The van der Waals surface area contributed by atoms with E-state index in [1.165, 1.54) is 0 Å². The van der Waals surface area contributed by atoms with Gasteiger partial charge in [-0.15, -0.1) is 0 Å². The fourth-order valence-corrected chi connectivity index (χ4v) is 2.73. The van der Waals surface area contributed by atoms with Gasteiger partial charge in [0.15, 0.2) is 11.2 Å². The summed E-state index contributed by atoms with van der Waals surface area (Å²) in [5, 5.41) is 2.49. The second-order valence-electron chi connectivity index (χ2n) is 6.37. The smallest absolute Gasteiger partial charge is 0.279 e. The van der Waals surface area contributed by atoms with E-state index in [-0.39, 0.29) is 11.0 Å². The first-order chi connectivity index (χ1) is 13.2. The molecule has 3 N–H and O–H groups in total. The molecule has 1 unspecified atom stereocenters. The number of carbonyl (C=O) groups is 2.